The molecule has 0 aliphatic heterocycles. The van der Waals surface area contributed by atoms with Gasteiger partial charge in [0, 0.05) is 17.3 Å². The van der Waals surface area contributed by atoms with Crippen LogP contribution in [0.5, 0.6) is 0 Å². The Morgan fingerprint density at radius 3 is 2.53 bits per heavy atom. The Hall–Kier alpha value is -2.22. The van der Waals surface area contributed by atoms with Crippen LogP contribution in [0, 0.1) is 28.6 Å². The largest absolute Gasteiger partial charge is 0.299 e. The second kappa shape index (κ2) is 8.28. The lowest BCUT2D eigenvalue weighted by atomic mass is 9.49. The summed E-state index contributed by atoms with van der Waals surface area (Å²) in [6.45, 7) is 4.58. The van der Waals surface area contributed by atoms with Crippen molar-refractivity contribution in [3.63, 3.8) is 0 Å². The predicted molar refractivity (Wildman–Crippen MR) is 129 cm³/mol. The monoisotopic (exact) mass is 428 g/mol. The minimum absolute atomic E-state index is 0.0698. The fourth-order valence-corrected chi connectivity index (χ4v) is 7.36. The fraction of sp³-hybridized carbons (Fsp3) is 0.533. The van der Waals surface area contributed by atoms with Crippen molar-refractivity contribution in [3.05, 3.63) is 71.3 Å². The molecule has 2 heteroatoms. The van der Waals surface area contributed by atoms with E-state index < -0.39 is 0 Å². The Morgan fingerprint density at radius 2 is 1.72 bits per heavy atom. The van der Waals surface area contributed by atoms with Crippen LogP contribution in [0.15, 0.2) is 65.8 Å². The number of carbonyl (C=O) groups is 2. The lowest BCUT2D eigenvalue weighted by molar-refractivity contribution is -0.130. The topological polar surface area (TPSA) is 34.1 Å². The smallest absolute Gasteiger partial charge is 0.178 e. The zero-order valence-electron chi connectivity index (χ0n) is 19.6. The van der Waals surface area contributed by atoms with Crippen LogP contribution in [0.25, 0.3) is 0 Å². The lowest BCUT2D eigenvalue weighted by Gasteiger charge is -2.54. The first kappa shape index (κ1) is 21.6. The molecule has 4 aliphatic carbocycles. The highest BCUT2D eigenvalue weighted by molar-refractivity contribution is 6.02. The van der Waals surface area contributed by atoms with Crippen molar-refractivity contribution >= 4 is 11.6 Å². The van der Waals surface area contributed by atoms with Crippen LogP contribution in [0.1, 0.15) is 70.8 Å². The summed E-state index contributed by atoms with van der Waals surface area (Å²) in [6.07, 6.45) is 18.0. The van der Waals surface area contributed by atoms with Gasteiger partial charge in [0.25, 0.3) is 0 Å². The van der Waals surface area contributed by atoms with Gasteiger partial charge in [-0.05, 0) is 91.6 Å². The number of rotatable bonds is 6. The highest BCUT2D eigenvalue weighted by atomic mass is 16.1. The zero-order chi connectivity index (χ0) is 22.3. The van der Waals surface area contributed by atoms with Gasteiger partial charge in [-0.1, -0.05) is 62.8 Å². The van der Waals surface area contributed by atoms with E-state index in [1.807, 2.05) is 6.08 Å². The third-order valence-electron chi connectivity index (χ3n) is 9.27. The molecular formula is C30H36O2. The summed E-state index contributed by atoms with van der Waals surface area (Å²) >= 11 is 0. The summed E-state index contributed by atoms with van der Waals surface area (Å²) in [6, 6.07) is 10.7. The van der Waals surface area contributed by atoms with Crippen molar-refractivity contribution in [1.29, 1.82) is 0 Å². The van der Waals surface area contributed by atoms with Crippen LogP contribution in [-0.2, 0) is 16.0 Å². The van der Waals surface area contributed by atoms with E-state index in [-0.39, 0.29) is 16.6 Å². The predicted octanol–water partition coefficient (Wildman–Crippen LogP) is 6.81. The van der Waals surface area contributed by atoms with Gasteiger partial charge in [-0.2, -0.15) is 0 Å². The van der Waals surface area contributed by atoms with Crippen LogP contribution in [-0.4, -0.2) is 11.6 Å². The summed E-state index contributed by atoms with van der Waals surface area (Å²) in [7, 11) is 0. The Morgan fingerprint density at radius 1 is 0.938 bits per heavy atom. The highest BCUT2D eigenvalue weighted by Crippen LogP contribution is 2.63. The van der Waals surface area contributed by atoms with Gasteiger partial charge < -0.3 is 0 Å². The first-order valence-electron chi connectivity index (χ1n) is 12.7. The second-order valence-corrected chi connectivity index (χ2v) is 11.0. The van der Waals surface area contributed by atoms with Gasteiger partial charge in [-0.25, -0.2) is 0 Å². The molecule has 2 fully saturated rings. The molecule has 5 rings (SSSR count). The second-order valence-electron chi connectivity index (χ2n) is 11.0. The van der Waals surface area contributed by atoms with Crippen molar-refractivity contribution in [1.82, 2.24) is 0 Å². The number of hydrogen-bond acceptors (Lipinski definition) is 2. The van der Waals surface area contributed by atoms with E-state index in [1.54, 1.807) is 6.08 Å². The van der Waals surface area contributed by atoms with Gasteiger partial charge in [0.2, 0.25) is 0 Å². The number of unbranched alkanes of at least 4 members (excludes halogenated alkanes) is 2. The van der Waals surface area contributed by atoms with Crippen LogP contribution in [0.3, 0.4) is 0 Å². The molecule has 0 spiro atoms. The van der Waals surface area contributed by atoms with Gasteiger partial charge in [-0.15, -0.1) is 0 Å². The quantitative estimate of drug-likeness (QED) is 0.466. The molecule has 168 valence electrons. The number of allylic oxidation sites excluding steroid dienone is 6. The van der Waals surface area contributed by atoms with Crippen molar-refractivity contribution < 1.29 is 9.59 Å². The zero-order valence-corrected chi connectivity index (χ0v) is 19.6. The minimum Gasteiger partial charge on any atom is -0.299 e. The summed E-state index contributed by atoms with van der Waals surface area (Å²) in [5.74, 6) is 2.04. The standard InChI is InChI=1S/C30H36O2/c1-29-17-15-23(31)20-27(29)22(12-8-4-7-11-21-9-5-3-6-10-21)19-24-25-13-14-28(32)30(25,2)18-16-26(24)29/h3,5-6,9-10,15,17,19-20,24-26H,4,7-8,11-14,16,18H2,1-2H3/t24-,25-,26-,29+,30-/m0/s1. The first-order chi connectivity index (χ1) is 15.4. The number of fused-ring (bicyclic) bond motifs is 5. The molecule has 5 atom stereocenters. The average molecular weight is 429 g/mol. The number of carbonyl (C=O) groups excluding carboxylic acids is 2. The molecule has 0 N–H and O–H groups in total. The first-order valence-corrected chi connectivity index (χ1v) is 12.7. The molecule has 1 aromatic rings. The van der Waals surface area contributed by atoms with E-state index in [0.717, 1.165) is 44.9 Å². The molecule has 0 heterocycles. The lowest BCUT2D eigenvalue weighted by Crippen LogP contribution is -2.49. The Labute approximate surface area is 192 Å². The van der Waals surface area contributed by atoms with Crippen molar-refractivity contribution in [3.8, 4) is 0 Å². The summed E-state index contributed by atoms with van der Waals surface area (Å²) in [5, 5.41) is 0. The summed E-state index contributed by atoms with van der Waals surface area (Å²) in [4.78, 5) is 25.1. The molecule has 0 radical (unpaired) electrons. The highest BCUT2D eigenvalue weighted by Gasteiger charge is 2.58. The van der Waals surface area contributed by atoms with Gasteiger partial charge in [-0.3, -0.25) is 9.59 Å². The molecular weight excluding hydrogens is 392 g/mol. The number of Topliss-reactive ketones (excluding diaryl/α,β-unsaturated/α-hetero) is 1. The van der Waals surface area contributed by atoms with Crippen molar-refractivity contribution in [2.24, 2.45) is 28.6 Å². The van der Waals surface area contributed by atoms with Crippen molar-refractivity contribution in [2.45, 2.75) is 71.6 Å². The maximum atomic E-state index is 12.8. The molecule has 32 heavy (non-hydrogen) atoms. The van der Waals surface area contributed by atoms with E-state index in [9.17, 15) is 9.59 Å². The van der Waals surface area contributed by atoms with Gasteiger partial charge in [0.15, 0.2) is 5.78 Å². The minimum atomic E-state index is -0.135. The van der Waals surface area contributed by atoms with E-state index in [2.05, 4.69) is 56.3 Å². The van der Waals surface area contributed by atoms with Crippen LogP contribution >= 0.6 is 0 Å². The Balaban J connectivity index is 1.35. The molecule has 2 saturated carbocycles. The SMILES string of the molecule is C[C@]12C=CC(=O)C=C1C(CCCCCc1ccccc1)=C[C@@H]1[C@@H]2CC[C@]2(C)C(=O)CC[C@@H]12. The number of benzene rings is 1. The maximum Gasteiger partial charge on any atom is 0.178 e. The van der Waals surface area contributed by atoms with Crippen LogP contribution in [0.2, 0.25) is 0 Å². The Bertz CT molecular complexity index is 997. The van der Waals surface area contributed by atoms with E-state index >= 15 is 0 Å². The molecule has 0 bridgehead atoms. The number of aryl methyl sites for hydroxylation is 1. The van der Waals surface area contributed by atoms with Gasteiger partial charge in [0.1, 0.15) is 5.78 Å². The maximum absolute atomic E-state index is 12.8. The van der Waals surface area contributed by atoms with E-state index in [0.29, 0.717) is 23.5 Å². The number of ketones is 2. The fourth-order valence-electron chi connectivity index (χ4n) is 7.36. The molecule has 1 aromatic carbocycles. The third kappa shape index (κ3) is 3.56. The number of hydrogen-bond donors (Lipinski definition) is 0. The normalized spacial score (nSPS) is 35.6. The van der Waals surface area contributed by atoms with Gasteiger partial charge >= 0.3 is 0 Å². The van der Waals surface area contributed by atoms with E-state index in [1.165, 1.54) is 29.6 Å². The van der Waals surface area contributed by atoms with E-state index in [4.69, 9.17) is 0 Å². The van der Waals surface area contributed by atoms with Crippen molar-refractivity contribution in [2.75, 3.05) is 0 Å². The molecule has 0 amide bonds. The summed E-state index contributed by atoms with van der Waals surface area (Å²) in [5.41, 5.74) is 3.86. The molecule has 0 aromatic heterocycles. The van der Waals surface area contributed by atoms with Crippen LogP contribution in [0.4, 0.5) is 0 Å². The molecule has 0 saturated heterocycles. The molecule has 2 nitrogen and oxygen atoms in total. The molecule has 0 unspecified atom stereocenters. The Kier molecular flexibility index (Phi) is 5.60. The van der Waals surface area contributed by atoms with Crippen LogP contribution < -0.4 is 0 Å². The third-order valence-corrected chi connectivity index (χ3v) is 9.27. The van der Waals surface area contributed by atoms with Gasteiger partial charge in [0.05, 0.1) is 0 Å². The molecule has 4 aliphatic rings. The summed E-state index contributed by atoms with van der Waals surface area (Å²) < 4.78 is 0. The average Bonchev–Trinajstić information content (AvgIpc) is 3.10.